The van der Waals surface area contributed by atoms with E-state index in [0.717, 1.165) is 51.0 Å². The number of fused-ring (bicyclic) bond motifs is 16. The number of aryl methyl sites for hydroxylation is 1. The molecule has 300 valence electrons. The second-order valence-electron chi connectivity index (χ2n) is 18.9. The summed E-state index contributed by atoms with van der Waals surface area (Å²) in [4.78, 5) is 0. The maximum Gasteiger partial charge on any atom is 0.364 e. The first-order chi connectivity index (χ1) is 30.1. The number of rotatable bonds is 6. The molecule has 4 nitrogen and oxygen atoms in total. The number of hydrogen-bond donors (Lipinski definition) is 0. The van der Waals surface area contributed by atoms with Gasteiger partial charge in [0.05, 0.1) is 24.8 Å². The van der Waals surface area contributed by atoms with Gasteiger partial charge in [0.1, 0.15) is 16.8 Å². The monoisotopic (exact) mass is 819 g/mol. The van der Waals surface area contributed by atoms with E-state index in [4.69, 9.17) is 4.42 Å². The van der Waals surface area contributed by atoms with E-state index in [1.165, 1.54) is 66.5 Å². The lowest BCUT2D eigenvalue weighted by Crippen LogP contribution is -2.72. The highest BCUT2D eigenvalue weighted by molar-refractivity contribution is 6.89. The molecule has 0 N–H and O–H groups in total. The van der Waals surface area contributed by atoms with Gasteiger partial charge in [0.15, 0.2) is 22.8 Å². The van der Waals surface area contributed by atoms with Crippen LogP contribution in [0.2, 0.25) is 19.6 Å². The number of para-hydroxylation sites is 3. The first-order valence-electron chi connectivity index (χ1n) is 22.1. The molecule has 3 aromatic heterocycles. The zero-order valence-corrected chi connectivity index (χ0v) is 37.2. The first kappa shape index (κ1) is 37.0. The molecule has 1 spiro atoms. The van der Waals surface area contributed by atoms with Crippen LogP contribution in [0, 0.1) is 12.8 Å². The van der Waals surface area contributed by atoms with Gasteiger partial charge in [-0.1, -0.05) is 142 Å². The van der Waals surface area contributed by atoms with Crippen LogP contribution in [0.5, 0.6) is 0 Å². The predicted molar refractivity (Wildman–Crippen MR) is 257 cm³/mol. The third-order valence-electron chi connectivity index (χ3n) is 13.5. The fourth-order valence-electron chi connectivity index (χ4n) is 10.9. The predicted octanol–water partition coefficient (Wildman–Crippen LogP) is 12.7. The summed E-state index contributed by atoms with van der Waals surface area (Å²) in [5.74, 6) is 1.66. The molecular weight excluding hydrogens is 771 g/mol. The third kappa shape index (κ3) is 5.12. The lowest BCUT2D eigenvalue weighted by molar-refractivity contribution is -0.944. The highest BCUT2D eigenvalue weighted by Crippen LogP contribution is 2.53. The van der Waals surface area contributed by atoms with Gasteiger partial charge in [0.25, 0.3) is 0 Å². The molecule has 5 heteroatoms. The van der Waals surface area contributed by atoms with Crippen LogP contribution in [0.15, 0.2) is 174 Å². The summed E-state index contributed by atoms with van der Waals surface area (Å²) in [6.07, 6.45) is 3.64. The summed E-state index contributed by atoms with van der Waals surface area (Å²) >= 11 is 0. The summed E-state index contributed by atoms with van der Waals surface area (Å²) in [6, 6.07) is 60.7. The Bertz CT molecular complexity index is 3460. The Kier molecular flexibility index (Phi) is 7.95. The van der Waals surface area contributed by atoms with Gasteiger partial charge in [0, 0.05) is 27.6 Å². The van der Waals surface area contributed by atoms with Gasteiger partial charge in [0.2, 0.25) is 5.69 Å². The van der Waals surface area contributed by atoms with Crippen molar-refractivity contribution in [3.63, 3.8) is 0 Å². The average molecular weight is 820 g/mol. The molecule has 0 bridgehead atoms. The Labute approximate surface area is 364 Å². The van der Waals surface area contributed by atoms with Gasteiger partial charge < -0.3 is 4.42 Å². The molecule has 12 rings (SSSR count). The summed E-state index contributed by atoms with van der Waals surface area (Å²) in [7, 11) is -1.85. The van der Waals surface area contributed by atoms with Gasteiger partial charge in [-0.2, -0.15) is 4.57 Å². The van der Waals surface area contributed by atoms with Gasteiger partial charge >= 0.3 is 11.5 Å². The molecule has 62 heavy (non-hydrogen) atoms. The van der Waals surface area contributed by atoms with E-state index in [0.29, 0.717) is 5.92 Å². The van der Waals surface area contributed by atoms with Crippen molar-refractivity contribution in [1.29, 1.82) is 0 Å². The van der Waals surface area contributed by atoms with Crippen LogP contribution in [0.4, 0.5) is 0 Å². The molecule has 0 amide bonds. The van der Waals surface area contributed by atoms with Crippen LogP contribution in [0.3, 0.4) is 0 Å². The minimum Gasteiger partial charge on any atom is -0.455 e. The van der Waals surface area contributed by atoms with Crippen molar-refractivity contribution in [2.45, 2.75) is 52.5 Å². The molecule has 10 aromatic rings. The van der Waals surface area contributed by atoms with Crippen LogP contribution in [-0.2, 0) is 12.1 Å². The van der Waals surface area contributed by atoms with E-state index in [2.05, 4.69) is 224 Å². The van der Waals surface area contributed by atoms with E-state index >= 15 is 0 Å². The first-order valence-corrected chi connectivity index (χ1v) is 25.6. The number of aromatic nitrogens is 3. The van der Waals surface area contributed by atoms with Crippen molar-refractivity contribution < 1.29 is 13.6 Å². The molecule has 5 heterocycles. The number of nitrogens with zero attached hydrogens (tertiary/aromatic N) is 3. The minimum absolute atomic E-state index is 0.542. The minimum atomic E-state index is -1.85. The summed E-state index contributed by atoms with van der Waals surface area (Å²) in [5, 5.41) is 3.78. The maximum absolute atomic E-state index is 7.15. The Hall–Kier alpha value is -6.82. The Morgan fingerprint density at radius 3 is 2.15 bits per heavy atom. The SMILES string of the molecule is Cc1ccc2c(c1)C1(c3ccc4c(oc5ccccc54)c3-c3n(-c4ccc(-c5ccccc5)cc4-c4ccccc4)c4ccccc4[n+]31)[n+]1cc([Si](C)(C)C)c(CC(C)C)cc1-2. The molecular formula is C57H49N3OSi+2. The highest BCUT2D eigenvalue weighted by Gasteiger charge is 2.67. The highest BCUT2D eigenvalue weighted by atomic mass is 28.3. The van der Waals surface area contributed by atoms with Gasteiger partial charge in [-0.25, -0.2) is 0 Å². The van der Waals surface area contributed by atoms with Crippen molar-refractivity contribution in [3.8, 4) is 50.6 Å². The van der Waals surface area contributed by atoms with E-state index < -0.39 is 13.7 Å². The van der Waals surface area contributed by atoms with Gasteiger partial charge in [-0.15, -0.1) is 9.13 Å². The van der Waals surface area contributed by atoms with Crippen molar-refractivity contribution in [2.24, 2.45) is 5.92 Å². The molecule has 0 aliphatic carbocycles. The van der Waals surface area contributed by atoms with E-state index in [1.54, 1.807) is 0 Å². The van der Waals surface area contributed by atoms with Crippen LogP contribution in [0.25, 0.3) is 83.6 Å². The van der Waals surface area contributed by atoms with E-state index in [1.807, 2.05) is 0 Å². The standard InChI is InChI=1S/C57H49N3OSi/c1-36(2)31-41-34-51-44-27-25-37(3)32-47(44)57(58(51)35-53(41)62(4,5)6)46-29-28-43-42-21-13-16-24-52(42)61-55(43)54(46)56-59(49-22-14-15-23-50(49)60(56)57)48-30-26-40(38-17-9-7-10-18-38)33-45(48)39-19-11-8-12-20-39/h7-30,32-36H,31H2,1-6H3/q+2. The molecule has 0 radical (unpaired) electrons. The zero-order valence-electron chi connectivity index (χ0n) is 36.2. The average Bonchev–Trinajstić information content (AvgIpc) is 3.99. The fourth-order valence-corrected chi connectivity index (χ4v) is 12.6. The Morgan fingerprint density at radius 2 is 1.37 bits per heavy atom. The summed E-state index contributed by atoms with van der Waals surface area (Å²) < 4.78 is 15.1. The van der Waals surface area contributed by atoms with Crippen molar-refractivity contribution >= 4 is 46.2 Å². The van der Waals surface area contributed by atoms with E-state index in [9.17, 15) is 0 Å². The second kappa shape index (κ2) is 13.3. The molecule has 2 aliphatic heterocycles. The normalized spacial score (nSPS) is 15.2. The Morgan fingerprint density at radius 1 is 0.645 bits per heavy atom. The zero-order chi connectivity index (χ0) is 42.1. The number of hydrogen-bond acceptors (Lipinski definition) is 1. The van der Waals surface area contributed by atoms with Crippen LogP contribution in [0.1, 0.15) is 36.1 Å². The van der Waals surface area contributed by atoms with Crippen molar-refractivity contribution in [3.05, 3.63) is 192 Å². The van der Waals surface area contributed by atoms with Crippen LogP contribution >= 0.6 is 0 Å². The summed E-state index contributed by atoms with van der Waals surface area (Å²) in [5.41, 5.74) is 18.2. The molecule has 0 saturated carbocycles. The summed E-state index contributed by atoms with van der Waals surface area (Å²) in [6.45, 7) is 14.5. The lowest BCUT2D eigenvalue weighted by Gasteiger charge is -2.24. The number of imidazole rings is 1. The Balaban J connectivity index is 1.29. The topological polar surface area (TPSA) is 25.8 Å². The molecule has 1 unspecified atom stereocenters. The largest absolute Gasteiger partial charge is 0.455 e. The number of benzene rings is 7. The van der Waals surface area contributed by atoms with Crippen LogP contribution < -0.4 is 14.3 Å². The second-order valence-corrected chi connectivity index (χ2v) is 24.0. The van der Waals surface area contributed by atoms with Crippen molar-refractivity contribution in [1.82, 2.24) is 4.57 Å². The van der Waals surface area contributed by atoms with Gasteiger partial charge in [-0.05, 0) is 96.1 Å². The van der Waals surface area contributed by atoms with Gasteiger partial charge in [-0.3, -0.25) is 0 Å². The molecule has 7 aromatic carbocycles. The fraction of sp³-hybridized carbons (Fsp3) is 0.158. The maximum atomic E-state index is 7.15. The molecule has 0 saturated heterocycles. The smallest absolute Gasteiger partial charge is 0.364 e. The quantitative estimate of drug-likeness (QED) is 0.121. The van der Waals surface area contributed by atoms with Crippen LogP contribution in [-0.4, -0.2) is 12.6 Å². The molecule has 2 aliphatic rings. The third-order valence-corrected chi connectivity index (χ3v) is 15.5. The van der Waals surface area contributed by atoms with E-state index in [-0.39, 0.29) is 0 Å². The number of furan rings is 1. The number of pyridine rings is 1. The lowest BCUT2D eigenvalue weighted by atomic mass is 9.88. The molecule has 0 fully saturated rings. The molecule has 1 atom stereocenters. The van der Waals surface area contributed by atoms with Crippen molar-refractivity contribution in [2.75, 3.05) is 0 Å².